The van der Waals surface area contributed by atoms with Crippen LogP contribution >= 0.6 is 0 Å². The number of anilines is 1. The number of fused-ring (bicyclic) bond motifs is 1. The molecule has 0 saturated heterocycles. The number of esters is 1. The van der Waals surface area contributed by atoms with Crippen LogP contribution in [0.25, 0.3) is 11.0 Å². The summed E-state index contributed by atoms with van der Waals surface area (Å²) in [6.45, 7) is 1.23. The highest BCUT2D eigenvalue weighted by Crippen LogP contribution is 2.22. The number of rotatable bonds is 4. The van der Waals surface area contributed by atoms with Crippen molar-refractivity contribution in [3.8, 4) is 5.75 Å². The van der Waals surface area contributed by atoms with E-state index in [0.717, 1.165) is 0 Å². The van der Waals surface area contributed by atoms with Crippen molar-refractivity contribution in [2.24, 2.45) is 0 Å². The molecule has 1 amide bonds. The van der Waals surface area contributed by atoms with Gasteiger partial charge in [-0.1, -0.05) is 6.07 Å². The normalized spacial score (nSPS) is 10.5. The molecule has 0 radical (unpaired) electrons. The highest BCUT2D eigenvalue weighted by Gasteiger charge is 2.12. The Kier molecular flexibility index (Phi) is 4.70. The van der Waals surface area contributed by atoms with Crippen molar-refractivity contribution >= 4 is 28.5 Å². The Morgan fingerprint density at radius 1 is 1.15 bits per heavy atom. The van der Waals surface area contributed by atoms with E-state index in [9.17, 15) is 19.5 Å². The van der Waals surface area contributed by atoms with Crippen molar-refractivity contribution < 1.29 is 23.8 Å². The van der Waals surface area contributed by atoms with Crippen LogP contribution in [0.1, 0.15) is 22.8 Å². The average Bonchev–Trinajstić information content (AvgIpc) is 2.58. The third-order valence-corrected chi connectivity index (χ3v) is 3.59. The zero-order valence-corrected chi connectivity index (χ0v) is 13.8. The molecule has 0 aliphatic heterocycles. The van der Waals surface area contributed by atoms with Gasteiger partial charge in [-0.25, -0.2) is 9.59 Å². The molecular formula is C19H15NO6. The highest BCUT2D eigenvalue weighted by molar-refractivity contribution is 5.93. The number of phenolic OH excluding ortho intramolecular Hbond substituents is 1. The molecule has 7 nitrogen and oxygen atoms in total. The third-order valence-electron chi connectivity index (χ3n) is 3.59. The van der Waals surface area contributed by atoms with Gasteiger partial charge in [-0.3, -0.25) is 4.79 Å². The number of phenols is 1. The van der Waals surface area contributed by atoms with Crippen molar-refractivity contribution in [2.75, 3.05) is 5.32 Å². The van der Waals surface area contributed by atoms with E-state index >= 15 is 0 Å². The quantitative estimate of drug-likeness (QED) is 0.552. The van der Waals surface area contributed by atoms with Gasteiger partial charge in [0.25, 0.3) is 0 Å². The van der Waals surface area contributed by atoms with Crippen molar-refractivity contribution in [3.63, 3.8) is 0 Å². The molecule has 1 aromatic heterocycles. The molecule has 0 aliphatic rings. The molecule has 0 unspecified atom stereocenters. The maximum absolute atomic E-state index is 12.3. The second kappa shape index (κ2) is 7.10. The Hall–Kier alpha value is -3.61. The van der Waals surface area contributed by atoms with Gasteiger partial charge in [0.2, 0.25) is 5.91 Å². The first-order valence-corrected chi connectivity index (χ1v) is 7.73. The van der Waals surface area contributed by atoms with E-state index in [1.54, 1.807) is 24.3 Å². The lowest BCUT2D eigenvalue weighted by atomic mass is 10.1. The smallest absolute Gasteiger partial charge is 0.338 e. The zero-order valence-electron chi connectivity index (χ0n) is 13.8. The van der Waals surface area contributed by atoms with Gasteiger partial charge in [0.15, 0.2) is 0 Å². The van der Waals surface area contributed by atoms with Gasteiger partial charge in [0, 0.05) is 35.7 Å². The van der Waals surface area contributed by atoms with Gasteiger partial charge in [-0.2, -0.15) is 0 Å². The Bertz CT molecular complexity index is 1050. The fourth-order valence-electron chi connectivity index (χ4n) is 2.49. The molecule has 1 heterocycles. The van der Waals surface area contributed by atoms with E-state index in [1.807, 2.05) is 0 Å². The Labute approximate surface area is 147 Å². The molecule has 0 saturated carbocycles. The van der Waals surface area contributed by atoms with Crippen LogP contribution in [0.15, 0.2) is 57.7 Å². The Balaban J connectivity index is 1.81. The van der Waals surface area contributed by atoms with Crippen LogP contribution in [0.4, 0.5) is 5.69 Å². The van der Waals surface area contributed by atoms with Crippen LogP contribution in [0, 0.1) is 0 Å². The fraction of sp³-hybridized carbons (Fsp3) is 0.105. The van der Waals surface area contributed by atoms with E-state index < -0.39 is 11.6 Å². The van der Waals surface area contributed by atoms with Crippen LogP contribution in [0.3, 0.4) is 0 Å². The van der Waals surface area contributed by atoms with Gasteiger partial charge in [0.1, 0.15) is 17.9 Å². The molecule has 0 bridgehead atoms. The largest absolute Gasteiger partial charge is 0.508 e. The maximum atomic E-state index is 12.3. The number of aromatic hydroxyl groups is 1. The zero-order chi connectivity index (χ0) is 18.7. The summed E-state index contributed by atoms with van der Waals surface area (Å²) >= 11 is 0. The van der Waals surface area contributed by atoms with Gasteiger partial charge in [-0.05, 0) is 30.3 Å². The first-order valence-electron chi connectivity index (χ1n) is 7.73. The third kappa shape index (κ3) is 3.89. The van der Waals surface area contributed by atoms with Gasteiger partial charge < -0.3 is 19.6 Å². The van der Waals surface area contributed by atoms with E-state index in [-0.39, 0.29) is 29.4 Å². The molecule has 3 rings (SSSR count). The number of nitrogens with one attached hydrogen (secondary N) is 1. The summed E-state index contributed by atoms with van der Waals surface area (Å²) in [4.78, 5) is 35.0. The number of ether oxygens (including phenoxy) is 1. The number of hydrogen-bond acceptors (Lipinski definition) is 6. The predicted octanol–water partition coefficient (Wildman–Crippen LogP) is 2.81. The van der Waals surface area contributed by atoms with Crippen molar-refractivity contribution in [3.05, 3.63) is 70.1 Å². The summed E-state index contributed by atoms with van der Waals surface area (Å²) in [5.41, 5.74) is 0.801. The van der Waals surface area contributed by atoms with Crippen LogP contribution < -0.4 is 10.9 Å². The van der Waals surface area contributed by atoms with E-state index in [2.05, 4.69) is 5.32 Å². The number of carbonyl (C=O) groups is 2. The molecule has 2 N–H and O–H groups in total. The van der Waals surface area contributed by atoms with E-state index in [1.165, 1.54) is 31.2 Å². The topological polar surface area (TPSA) is 106 Å². The minimum absolute atomic E-state index is 0.0374. The maximum Gasteiger partial charge on any atom is 0.338 e. The first-order chi connectivity index (χ1) is 12.4. The Morgan fingerprint density at radius 2 is 1.96 bits per heavy atom. The van der Waals surface area contributed by atoms with E-state index in [4.69, 9.17) is 9.15 Å². The number of carbonyl (C=O) groups excluding carboxylic acids is 2. The molecule has 26 heavy (non-hydrogen) atoms. The highest BCUT2D eigenvalue weighted by atomic mass is 16.5. The van der Waals surface area contributed by atoms with Crippen molar-refractivity contribution in [2.45, 2.75) is 13.5 Å². The van der Waals surface area contributed by atoms with Crippen LogP contribution in [0.2, 0.25) is 0 Å². The summed E-state index contributed by atoms with van der Waals surface area (Å²) in [6, 6.07) is 11.9. The van der Waals surface area contributed by atoms with Crippen LogP contribution in [-0.4, -0.2) is 17.0 Å². The molecular weight excluding hydrogens is 338 g/mol. The molecule has 7 heteroatoms. The monoisotopic (exact) mass is 353 g/mol. The minimum atomic E-state index is -0.609. The lowest BCUT2D eigenvalue weighted by Gasteiger charge is -2.08. The molecule has 3 aromatic rings. The molecule has 132 valence electrons. The van der Waals surface area contributed by atoms with Gasteiger partial charge >= 0.3 is 11.6 Å². The van der Waals surface area contributed by atoms with Crippen molar-refractivity contribution in [1.82, 2.24) is 0 Å². The standard InChI is InChI=1S/C19H15NO6/c1-11(21)20-14-4-2-3-12(7-14)19(24)25-10-13-8-18(23)26-17-9-15(22)5-6-16(13)17/h2-9,22H,10H2,1H3,(H,20,21). The first kappa shape index (κ1) is 17.2. The predicted molar refractivity (Wildman–Crippen MR) is 94.0 cm³/mol. The van der Waals surface area contributed by atoms with Gasteiger partial charge in [-0.15, -0.1) is 0 Å². The van der Waals surface area contributed by atoms with Crippen LogP contribution in [-0.2, 0) is 16.1 Å². The van der Waals surface area contributed by atoms with Crippen molar-refractivity contribution in [1.29, 1.82) is 0 Å². The van der Waals surface area contributed by atoms with E-state index in [0.29, 0.717) is 16.6 Å². The molecule has 0 aliphatic carbocycles. The van der Waals surface area contributed by atoms with Gasteiger partial charge in [0.05, 0.1) is 5.56 Å². The molecule has 0 spiro atoms. The summed E-state index contributed by atoms with van der Waals surface area (Å²) in [6.07, 6.45) is 0. The minimum Gasteiger partial charge on any atom is -0.508 e. The lowest BCUT2D eigenvalue weighted by molar-refractivity contribution is -0.114. The molecule has 0 atom stereocenters. The summed E-state index contributed by atoms with van der Waals surface area (Å²) < 4.78 is 10.3. The number of benzene rings is 2. The van der Waals surface area contributed by atoms with Crippen LogP contribution in [0.5, 0.6) is 5.75 Å². The fourth-order valence-corrected chi connectivity index (χ4v) is 2.49. The number of hydrogen-bond donors (Lipinski definition) is 2. The second-order valence-electron chi connectivity index (χ2n) is 5.61. The lowest BCUT2D eigenvalue weighted by Crippen LogP contribution is -2.10. The Morgan fingerprint density at radius 3 is 2.73 bits per heavy atom. The summed E-state index contributed by atoms with van der Waals surface area (Å²) in [5, 5.41) is 12.6. The molecule has 2 aromatic carbocycles. The summed E-state index contributed by atoms with van der Waals surface area (Å²) in [7, 11) is 0. The average molecular weight is 353 g/mol. The number of amides is 1. The molecule has 0 fully saturated rings. The second-order valence-corrected chi connectivity index (χ2v) is 5.61. The SMILES string of the molecule is CC(=O)Nc1cccc(C(=O)OCc2cc(=O)oc3cc(O)ccc23)c1. The summed E-state index contributed by atoms with van der Waals surface area (Å²) in [5.74, 6) is -0.886.